The number of anilines is 4. The minimum absolute atomic E-state index is 0. The summed E-state index contributed by atoms with van der Waals surface area (Å²) in [4.78, 5) is 139. The first kappa shape index (κ1) is 86.0. The van der Waals surface area contributed by atoms with Gasteiger partial charge in [0.2, 0.25) is 0 Å². The molecule has 0 unspecified atom stereocenters. The van der Waals surface area contributed by atoms with Crippen LogP contribution in [0.3, 0.4) is 0 Å². The van der Waals surface area contributed by atoms with E-state index >= 15 is 0 Å². The van der Waals surface area contributed by atoms with Gasteiger partial charge in [0.15, 0.2) is 26.4 Å². The Hall–Kier alpha value is -15.3. The maximum Gasteiger partial charge on any atom is 0.341 e. The highest BCUT2D eigenvalue weighted by atomic mass is 16.6. The summed E-state index contributed by atoms with van der Waals surface area (Å²) in [6, 6.07) is 19.6. The maximum atomic E-state index is 12.3. The van der Waals surface area contributed by atoms with E-state index in [1.807, 2.05) is 0 Å². The van der Waals surface area contributed by atoms with Crippen molar-refractivity contribution in [2.24, 2.45) is 0 Å². The summed E-state index contributed by atoms with van der Waals surface area (Å²) in [6.45, 7) is -7.74. The number of benzene rings is 8. The summed E-state index contributed by atoms with van der Waals surface area (Å²) < 4.78 is 45.6. The largest absolute Gasteiger partial charge is 0.546 e. The summed E-state index contributed by atoms with van der Waals surface area (Å²) in [5, 5.41) is 134. The molecule has 0 amide bonds. The van der Waals surface area contributed by atoms with Gasteiger partial charge in [-0.2, -0.15) is 0 Å². The molecule has 16 bridgehead atoms. The van der Waals surface area contributed by atoms with Gasteiger partial charge in [-0.15, -0.1) is 0 Å². The molecule has 600 valence electrons. The zero-order valence-electron chi connectivity index (χ0n) is 57.9. The molecule has 0 saturated heterocycles. The normalized spacial score (nSPS) is 11.6. The Bertz CT molecular complexity index is 4400. The van der Waals surface area contributed by atoms with Crippen molar-refractivity contribution in [3.8, 4) is 46.0 Å². The molecule has 2 aliphatic rings. The lowest BCUT2D eigenvalue weighted by Gasteiger charge is -2.24. The second-order valence-electron chi connectivity index (χ2n) is 24.9. The zero-order valence-corrected chi connectivity index (χ0v) is 57.9. The lowest BCUT2D eigenvalue weighted by Crippen LogP contribution is -2.30. The van der Waals surface area contributed by atoms with Crippen LogP contribution in [0.15, 0.2) is 97.1 Å². The Morgan fingerprint density at radius 3 is 0.474 bits per heavy atom. The molecular weight excluding hydrogens is 1510 g/mol. The minimum atomic E-state index is -1.53. The molecule has 2 aliphatic carbocycles. The average molecular weight is 1580 g/mol. The number of ether oxygens (including phenoxy) is 8. The number of carboxylic acid groups (broad SMARTS) is 8. The first-order valence-electron chi connectivity index (χ1n) is 32.5. The van der Waals surface area contributed by atoms with Crippen LogP contribution in [0.1, 0.15) is 104 Å². The van der Waals surface area contributed by atoms with Gasteiger partial charge in [0.25, 0.3) is 22.7 Å². The molecule has 0 aromatic heterocycles. The molecular formula is C74H68N8O32-4. The molecule has 0 fully saturated rings. The van der Waals surface area contributed by atoms with Gasteiger partial charge in [0.05, 0.1) is 43.6 Å². The number of carbonyl (C=O) groups excluding carboxylic acids is 4. The first-order chi connectivity index (χ1) is 53.0. The van der Waals surface area contributed by atoms with Gasteiger partial charge in [-0.1, -0.05) is 14.9 Å². The van der Waals surface area contributed by atoms with Gasteiger partial charge in [0, 0.05) is 212 Å². The van der Waals surface area contributed by atoms with E-state index in [0.29, 0.717) is 44.5 Å². The number of non-ortho nitro benzene ring substituents is 4. The molecule has 0 heterocycles. The zero-order chi connectivity index (χ0) is 81.7. The van der Waals surface area contributed by atoms with Crippen LogP contribution >= 0.6 is 0 Å². The molecule has 0 spiro atoms. The smallest absolute Gasteiger partial charge is 0.341 e. The van der Waals surface area contributed by atoms with Gasteiger partial charge in [-0.05, 0) is 48.5 Å². The van der Waals surface area contributed by atoms with E-state index in [4.69, 9.17) is 60.8 Å². The summed E-state index contributed by atoms with van der Waals surface area (Å²) in [5.41, 5.74) is 24.5. The van der Waals surface area contributed by atoms with E-state index in [1.165, 1.54) is 48.5 Å². The lowest BCUT2D eigenvalue weighted by molar-refractivity contribution is -0.385. The number of hydrogen-bond acceptors (Lipinski definition) is 32. The van der Waals surface area contributed by atoms with E-state index < -0.39 is 169 Å². The van der Waals surface area contributed by atoms with Crippen molar-refractivity contribution in [3.05, 3.63) is 227 Å². The summed E-state index contributed by atoms with van der Waals surface area (Å²) >= 11 is 0. The summed E-state index contributed by atoms with van der Waals surface area (Å²) in [6.07, 6.45) is -2.98. The van der Waals surface area contributed by atoms with Gasteiger partial charge in [-0.25, -0.2) is 19.2 Å². The van der Waals surface area contributed by atoms with Crippen LogP contribution < -0.4 is 81.3 Å². The van der Waals surface area contributed by atoms with Crippen molar-refractivity contribution in [3.63, 3.8) is 0 Å². The number of aliphatic carboxylic acids is 8. The topological polar surface area (TPSA) is 660 Å². The number of carbonyl (C=O) groups is 8. The molecule has 8 aromatic carbocycles. The van der Waals surface area contributed by atoms with Crippen molar-refractivity contribution >= 4 is 93.3 Å². The van der Waals surface area contributed by atoms with Gasteiger partial charge in [-0.3, -0.25) is 40.5 Å². The summed E-state index contributed by atoms with van der Waals surface area (Å²) in [7, 11) is 0. The van der Waals surface area contributed by atoms with E-state index in [1.54, 1.807) is 0 Å². The van der Waals surface area contributed by atoms with Crippen LogP contribution in [-0.2, 0) is 89.7 Å². The quantitative estimate of drug-likeness (QED) is 0.0198. The molecule has 114 heavy (non-hydrogen) atoms. The Morgan fingerprint density at radius 1 is 0.254 bits per heavy atom. The summed E-state index contributed by atoms with van der Waals surface area (Å²) in [5.74, 6) is -13.5. The Kier molecular flexibility index (Phi) is 28.1. The number of carboxylic acids is 8. The van der Waals surface area contributed by atoms with Crippen LogP contribution in [-0.4, -0.2) is 141 Å². The first-order valence-corrected chi connectivity index (χ1v) is 32.5. The predicted octanol–water partition coefficient (Wildman–Crippen LogP) is 2.33. The highest BCUT2D eigenvalue weighted by molar-refractivity contribution is 5.74. The third-order valence-corrected chi connectivity index (χ3v) is 16.6. The van der Waals surface area contributed by atoms with Crippen LogP contribution in [0.5, 0.6) is 46.0 Å². The molecule has 0 atom stereocenters. The van der Waals surface area contributed by atoms with Crippen LogP contribution in [0.2, 0.25) is 0 Å². The third-order valence-electron chi connectivity index (χ3n) is 16.6. The van der Waals surface area contributed by atoms with Crippen molar-refractivity contribution in [2.45, 2.75) is 66.2 Å². The van der Waals surface area contributed by atoms with Gasteiger partial charge >= 0.3 is 23.9 Å². The Morgan fingerprint density at radius 2 is 0.368 bits per heavy atom. The van der Waals surface area contributed by atoms with Crippen LogP contribution in [0.4, 0.5) is 45.5 Å². The molecule has 10 rings (SSSR count). The molecule has 8 aromatic rings. The SMILES string of the molecule is C.C.Nc1cc2c(OCC(=O)[O-])c(c1)Cc1cc(N)cc(c1OCC(=O)[O-])Cc1cc(N)cc(c1OCC(=O)[O-])Cc1cc(N)cc(c1OCC(=O)[O-])C2.O=C(O)COc1c2cc([N+](=O)[O-])cc1Cc1cc([N+](=O)[O-])cc(c1OCC(=O)O)Cc1cc([N+](=O)[O-])cc(c1OCC(=O)O)Cc1cc([N+](=O)[O-])cc(c1OCC(=O)O)C2. The van der Waals surface area contributed by atoms with Crippen molar-refractivity contribution in [1.29, 1.82) is 0 Å². The van der Waals surface area contributed by atoms with E-state index in [0.717, 1.165) is 48.5 Å². The van der Waals surface area contributed by atoms with Gasteiger partial charge in [0.1, 0.15) is 72.4 Å². The standard InChI is InChI=1S/C36H28N4O20.C36H36N4O12.2CH4/c41-29(42)13-57-33-17-1-18-6-26(38(51)52)8-20(34(18)58-14-30(43)44)3-22-10-28(40(55)56)12-24(36(22)60-16-32(47)48)4-23-11-27(39(53)54)9-21(35(23)59-15-31(45)46)2-19(33)7-25(5-17)37(49)50;37-25-5-17-1-18-6-26(38)8-20(34(18)50-14-30(43)44)3-22-10-28(40)12-24(36(22)52-16-32(47)48)4-23-11-27(39)9-21(35(23)51-15-31(45)46)2-19(7-25)33(17)49-13-29(41)42;;/h5-12H,1-4,13-16H2,(H,41,42)(H,43,44)(H,45,46)(H,47,48);5-12H,1-4,13-16,37-40H2,(H,41,42)(H,43,44)(H,45,46)(H,47,48);2*1H4/p-4. The number of nitrogen functional groups attached to an aromatic ring is 4. The molecule has 0 radical (unpaired) electrons. The minimum Gasteiger partial charge on any atom is -0.546 e. The van der Waals surface area contributed by atoms with Crippen LogP contribution in [0.25, 0.3) is 0 Å². The maximum absolute atomic E-state index is 12.3. The van der Waals surface area contributed by atoms with Crippen molar-refractivity contribution in [2.75, 3.05) is 75.8 Å². The molecule has 40 nitrogen and oxygen atoms in total. The molecule has 0 saturated carbocycles. The Labute approximate surface area is 642 Å². The average Bonchev–Trinajstić information content (AvgIpc) is 0.770. The number of nitrogens with zero attached hydrogens (tertiary/aromatic N) is 4. The number of hydrogen-bond donors (Lipinski definition) is 8. The van der Waals surface area contributed by atoms with Crippen LogP contribution in [0, 0.1) is 40.5 Å². The fourth-order valence-corrected chi connectivity index (χ4v) is 12.8. The Balaban J connectivity index is 0.000000313. The van der Waals surface area contributed by atoms with E-state index in [9.17, 15) is 120 Å². The second-order valence-corrected chi connectivity index (χ2v) is 24.9. The lowest BCUT2D eigenvalue weighted by atomic mass is 9.90. The van der Waals surface area contributed by atoms with Crippen molar-refractivity contribution < 1.29 is 137 Å². The predicted molar refractivity (Wildman–Crippen MR) is 386 cm³/mol. The fourth-order valence-electron chi connectivity index (χ4n) is 12.8. The molecule has 0 aliphatic heterocycles. The number of nitrogens with two attached hydrogens (primary N) is 4. The number of nitro benzene ring substituents is 4. The van der Waals surface area contributed by atoms with Crippen molar-refractivity contribution in [1.82, 2.24) is 0 Å². The highest BCUT2D eigenvalue weighted by Gasteiger charge is 2.32. The van der Waals surface area contributed by atoms with E-state index in [2.05, 4.69) is 0 Å². The molecule has 40 heteroatoms. The monoisotopic (exact) mass is 1580 g/mol. The number of fused-ring (bicyclic) bond motifs is 16. The third kappa shape index (κ3) is 22.0. The number of nitro groups is 4. The fraction of sp³-hybridized carbons (Fsp3) is 0.243. The van der Waals surface area contributed by atoms with Gasteiger partial charge < -0.3 is 121 Å². The highest BCUT2D eigenvalue weighted by Crippen LogP contribution is 2.46. The van der Waals surface area contributed by atoms with E-state index in [-0.39, 0.29) is 154 Å². The molecule has 12 N–H and O–H groups in total. The second kappa shape index (κ2) is 37.2. The number of rotatable bonds is 28.